The van der Waals surface area contributed by atoms with Gasteiger partial charge < -0.3 is 4.90 Å². The molecule has 0 amide bonds. The lowest BCUT2D eigenvalue weighted by Gasteiger charge is -2.34. The topological polar surface area (TPSA) is 3.24 Å². The maximum absolute atomic E-state index is 2.50. The Morgan fingerprint density at radius 2 is 0.828 bits per heavy atom. The Hall–Kier alpha value is -7.48. The highest BCUT2D eigenvalue weighted by molar-refractivity contribution is 6.04. The van der Waals surface area contributed by atoms with Crippen molar-refractivity contribution in [2.75, 3.05) is 4.90 Å². The van der Waals surface area contributed by atoms with Crippen LogP contribution in [0.1, 0.15) is 22.3 Å². The van der Waals surface area contributed by atoms with Crippen molar-refractivity contribution in [1.29, 1.82) is 0 Å². The smallest absolute Gasteiger partial charge is 0.0714 e. The Balaban J connectivity index is 1.11. The molecule has 0 atom stereocenters. The lowest BCUT2D eigenvalue weighted by atomic mass is 9.68. The van der Waals surface area contributed by atoms with Crippen molar-refractivity contribution in [3.8, 4) is 33.4 Å². The molecular formula is C57H39N. The van der Waals surface area contributed by atoms with Gasteiger partial charge in [-0.3, -0.25) is 0 Å². The van der Waals surface area contributed by atoms with Crippen LogP contribution in [0.2, 0.25) is 0 Å². The van der Waals surface area contributed by atoms with E-state index in [0.29, 0.717) is 0 Å². The Kier molecular flexibility index (Phi) is 8.12. The zero-order valence-corrected chi connectivity index (χ0v) is 32.0. The third-order valence-corrected chi connectivity index (χ3v) is 12.1. The number of hydrogen-bond acceptors (Lipinski definition) is 1. The van der Waals surface area contributed by atoms with Crippen LogP contribution in [-0.2, 0) is 5.41 Å². The first-order valence-electron chi connectivity index (χ1n) is 20.1. The molecule has 0 radical (unpaired) electrons. The molecule has 1 heteroatoms. The lowest BCUT2D eigenvalue weighted by Crippen LogP contribution is -2.28. The molecule has 0 N–H and O–H groups in total. The van der Waals surface area contributed by atoms with Crippen molar-refractivity contribution >= 4 is 38.6 Å². The summed E-state index contributed by atoms with van der Waals surface area (Å²) in [5.41, 5.74) is 15.4. The van der Waals surface area contributed by atoms with Crippen LogP contribution in [0.5, 0.6) is 0 Å². The predicted molar refractivity (Wildman–Crippen MR) is 244 cm³/mol. The zero-order valence-electron chi connectivity index (χ0n) is 32.0. The second-order valence-corrected chi connectivity index (χ2v) is 15.3. The highest BCUT2D eigenvalue weighted by atomic mass is 15.1. The molecule has 0 fully saturated rings. The maximum atomic E-state index is 2.50. The maximum Gasteiger partial charge on any atom is 0.0714 e. The van der Waals surface area contributed by atoms with Crippen molar-refractivity contribution in [2.45, 2.75) is 5.41 Å². The minimum Gasteiger partial charge on any atom is -0.309 e. The zero-order chi connectivity index (χ0) is 38.5. The Morgan fingerprint density at radius 3 is 1.59 bits per heavy atom. The number of rotatable bonds is 7. The number of benzene rings is 10. The van der Waals surface area contributed by atoms with Crippen molar-refractivity contribution in [3.63, 3.8) is 0 Å². The fourth-order valence-corrected chi connectivity index (χ4v) is 9.51. The second kappa shape index (κ2) is 13.9. The van der Waals surface area contributed by atoms with Gasteiger partial charge in [-0.1, -0.05) is 206 Å². The molecule has 272 valence electrons. The van der Waals surface area contributed by atoms with Crippen LogP contribution in [0.25, 0.3) is 54.9 Å². The van der Waals surface area contributed by atoms with E-state index in [-0.39, 0.29) is 0 Å². The summed E-state index contributed by atoms with van der Waals surface area (Å²) in [6.07, 6.45) is 0. The molecule has 0 aliphatic heterocycles. The van der Waals surface area contributed by atoms with E-state index in [4.69, 9.17) is 0 Å². The molecule has 0 bridgehead atoms. The van der Waals surface area contributed by atoms with Gasteiger partial charge in [0.2, 0.25) is 0 Å². The third kappa shape index (κ3) is 5.39. The second-order valence-electron chi connectivity index (χ2n) is 15.3. The van der Waals surface area contributed by atoms with E-state index in [1.807, 2.05) is 0 Å². The van der Waals surface area contributed by atoms with Crippen molar-refractivity contribution in [2.24, 2.45) is 0 Å². The summed E-state index contributed by atoms with van der Waals surface area (Å²) < 4.78 is 0. The fourth-order valence-electron chi connectivity index (χ4n) is 9.51. The average molecular weight is 738 g/mol. The SMILES string of the molecule is c1ccc(-c2ccc(-c3ccc4cc(N(c5cccc6c5-c5ccccc5C6(c5ccccc5)c5ccccc5)c5cccc6ccccc56)ccc4c3)cc2)cc1. The standard InChI is InChI=1S/C57H39N/c1-4-16-40(17-5-1)41-30-32-42(33-31-41)44-34-35-46-39-49(37-36-45(46)38-44)58(54-28-14-19-43-18-10-11-24-50(43)54)55-29-15-27-53-56(55)51-25-12-13-26-52(51)57(53,47-20-6-2-7-21-47)48-22-8-3-9-23-48/h1-39H. The molecule has 0 saturated carbocycles. The monoisotopic (exact) mass is 737 g/mol. The minimum absolute atomic E-state index is 0.492. The van der Waals surface area contributed by atoms with Gasteiger partial charge in [-0.25, -0.2) is 0 Å². The number of hydrogen-bond donors (Lipinski definition) is 0. The Bertz CT molecular complexity index is 3050. The molecule has 0 heterocycles. The molecule has 0 unspecified atom stereocenters. The first-order chi connectivity index (χ1) is 28.8. The van der Waals surface area contributed by atoms with E-state index >= 15 is 0 Å². The first kappa shape index (κ1) is 33.8. The molecule has 11 rings (SSSR count). The summed E-state index contributed by atoms with van der Waals surface area (Å²) in [7, 11) is 0. The predicted octanol–water partition coefficient (Wildman–Crippen LogP) is 15.2. The quantitative estimate of drug-likeness (QED) is 0.157. The van der Waals surface area contributed by atoms with Crippen LogP contribution in [0.3, 0.4) is 0 Å². The minimum atomic E-state index is -0.492. The van der Waals surface area contributed by atoms with E-state index in [2.05, 4.69) is 241 Å². The van der Waals surface area contributed by atoms with Gasteiger partial charge >= 0.3 is 0 Å². The molecule has 10 aromatic carbocycles. The highest BCUT2D eigenvalue weighted by Crippen LogP contribution is 2.59. The van der Waals surface area contributed by atoms with E-state index in [1.54, 1.807) is 0 Å². The first-order valence-corrected chi connectivity index (χ1v) is 20.1. The van der Waals surface area contributed by atoms with Crippen LogP contribution >= 0.6 is 0 Å². The summed E-state index contributed by atoms with van der Waals surface area (Å²) in [6, 6.07) is 86.8. The van der Waals surface area contributed by atoms with E-state index in [0.717, 1.165) is 17.1 Å². The molecule has 58 heavy (non-hydrogen) atoms. The largest absolute Gasteiger partial charge is 0.309 e. The molecule has 1 nitrogen and oxygen atoms in total. The summed E-state index contributed by atoms with van der Waals surface area (Å²) in [4.78, 5) is 2.50. The van der Waals surface area contributed by atoms with Gasteiger partial charge in [0.1, 0.15) is 0 Å². The Labute approximate surface area is 339 Å². The average Bonchev–Trinajstić information content (AvgIpc) is 3.61. The molecule has 0 aromatic heterocycles. The van der Waals surface area contributed by atoms with Gasteiger partial charge in [0.15, 0.2) is 0 Å². The summed E-state index contributed by atoms with van der Waals surface area (Å²) in [5, 5.41) is 4.83. The van der Waals surface area contributed by atoms with E-state index in [9.17, 15) is 0 Å². The summed E-state index contributed by atoms with van der Waals surface area (Å²) in [5.74, 6) is 0. The van der Waals surface area contributed by atoms with Crippen molar-refractivity contribution < 1.29 is 0 Å². The molecular weight excluding hydrogens is 699 g/mol. The Morgan fingerprint density at radius 1 is 0.310 bits per heavy atom. The summed E-state index contributed by atoms with van der Waals surface area (Å²) >= 11 is 0. The van der Waals surface area contributed by atoms with Crippen molar-refractivity contribution in [1.82, 2.24) is 0 Å². The van der Waals surface area contributed by atoms with Gasteiger partial charge in [0, 0.05) is 16.6 Å². The van der Waals surface area contributed by atoms with Gasteiger partial charge in [-0.2, -0.15) is 0 Å². The van der Waals surface area contributed by atoms with Crippen LogP contribution in [0.15, 0.2) is 237 Å². The highest BCUT2D eigenvalue weighted by Gasteiger charge is 2.47. The van der Waals surface area contributed by atoms with Crippen LogP contribution in [-0.4, -0.2) is 0 Å². The number of nitrogens with zero attached hydrogens (tertiary/aromatic N) is 1. The number of anilines is 3. The fraction of sp³-hybridized carbons (Fsp3) is 0.0175. The molecule has 1 aliphatic carbocycles. The van der Waals surface area contributed by atoms with Crippen molar-refractivity contribution in [3.05, 3.63) is 259 Å². The molecule has 10 aromatic rings. The molecule has 0 spiro atoms. The molecule has 1 aliphatic rings. The summed E-state index contributed by atoms with van der Waals surface area (Å²) in [6.45, 7) is 0. The third-order valence-electron chi connectivity index (χ3n) is 12.1. The van der Waals surface area contributed by atoms with Gasteiger partial charge in [0.25, 0.3) is 0 Å². The van der Waals surface area contributed by atoms with Gasteiger partial charge in [-0.15, -0.1) is 0 Å². The van der Waals surface area contributed by atoms with Gasteiger partial charge in [0.05, 0.1) is 16.8 Å². The molecule has 0 saturated heterocycles. The van der Waals surface area contributed by atoms with Crippen LogP contribution in [0.4, 0.5) is 17.1 Å². The normalized spacial score (nSPS) is 12.6. The van der Waals surface area contributed by atoms with Gasteiger partial charge in [-0.05, 0) is 96.6 Å². The van der Waals surface area contributed by atoms with Crippen LogP contribution < -0.4 is 4.90 Å². The van der Waals surface area contributed by atoms with E-state index < -0.39 is 5.41 Å². The van der Waals surface area contributed by atoms with E-state index in [1.165, 1.54) is 77.2 Å². The number of fused-ring (bicyclic) bond motifs is 5. The van der Waals surface area contributed by atoms with Crippen LogP contribution in [0, 0.1) is 0 Å². The lowest BCUT2D eigenvalue weighted by molar-refractivity contribution is 0.768.